The summed E-state index contributed by atoms with van der Waals surface area (Å²) in [5.41, 5.74) is 7.41. The Morgan fingerprint density at radius 1 is 1.33 bits per heavy atom. The number of aromatic nitrogens is 2. The first-order valence-electron chi connectivity index (χ1n) is 5.31. The Kier molecular flexibility index (Phi) is 4.01. The van der Waals surface area contributed by atoms with E-state index in [1.165, 1.54) is 6.33 Å². The van der Waals surface area contributed by atoms with E-state index in [0.717, 1.165) is 17.1 Å². The summed E-state index contributed by atoms with van der Waals surface area (Å²) < 4.78 is 0. The van der Waals surface area contributed by atoms with Crippen LogP contribution in [0.4, 0.5) is 11.5 Å². The van der Waals surface area contributed by atoms with Gasteiger partial charge in [-0.25, -0.2) is 9.97 Å². The smallest absolute Gasteiger partial charge is 0.136 e. The van der Waals surface area contributed by atoms with Crippen LogP contribution in [0.25, 0.3) is 0 Å². The third-order valence-corrected chi connectivity index (χ3v) is 3.17. The molecule has 0 spiro atoms. The van der Waals surface area contributed by atoms with Crippen LogP contribution in [0.15, 0.2) is 30.7 Å². The fourth-order valence-electron chi connectivity index (χ4n) is 1.70. The lowest BCUT2D eigenvalue weighted by Crippen LogP contribution is -2.15. The van der Waals surface area contributed by atoms with Crippen molar-refractivity contribution in [3.8, 4) is 0 Å². The van der Waals surface area contributed by atoms with E-state index in [-0.39, 0.29) is 0 Å². The molecule has 1 heterocycles. The number of hydrogen-bond donors (Lipinski definition) is 1. The number of hydrogen-bond acceptors (Lipinski definition) is 4. The molecule has 0 atom stereocenters. The molecule has 0 saturated carbocycles. The SMILES string of the molecule is CN(c1ccncn1)c1cc(Cl)cc(Cl)c1CN. The Balaban J connectivity index is 2.50. The molecule has 4 nitrogen and oxygen atoms in total. The molecule has 2 aromatic rings. The number of benzene rings is 1. The number of anilines is 2. The zero-order chi connectivity index (χ0) is 13.1. The van der Waals surface area contributed by atoms with Crippen molar-refractivity contribution in [2.45, 2.75) is 6.54 Å². The highest BCUT2D eigenvalue weighted by Crippen LogP contribution is 2.33. The minimum atomic E-state index is 0.334. The maximum absolute atomic E-state index is 6.14. The van der Waals surface area contributed by atoms with E-state index in [9.17, 15) is 0 Å². The number of rotatable bonds is 3. The van der Waals surface area contributed by atoms with Gasteiger partial charge in [0.05, 0.1) is 0 Å². The summed E-state index contributed by atoms with van der Waals surface area (Å²) in [5.74, 6) is 0.748. The van der Waals surface area contributed by atoms with Gasteiger partial charge < -0.3 is 10.6 Å². The fourth-order valence-corrected chi connectivity index (χ4v) is 2.26. The van der Waals surface area contributed by atoms with Gasteiger partial charge in [0.2, 0.25) is 0 Å². The summed E-state index contributed by atoms with van der Waals surface area (Å²) in [5, 5.41) is 1.12. The second-order valence-electron chi connectivity index (χ2n) is 3.72. The van der Waals surface area contributed by atoms with Gasteiger partial charge >= 0.3 is 0 Å². The van der Waals surface area contributed by atoms with Gasteiger partial charge in [-0.05, 0) is 18.2 Å². The van der Waals surface area contributed by atoms with Gasteiger partial charge in [-0.3, -0.25) is 0 Å². The summed E-state index contributed by atoms with van der Waals surface area (Å²) in [7, 11) is 1.88. The van der Waals surface area contributed by atoms with Crippen molar-refractivity contribution >= 4 is 34.7 Å². The number of nitrogens with zero attached hydrogens (tertiary/aromatic N) is 3. The zero-order valence-corrected chi connectivity index (χ0v) is 11.3. The second-order valence-corrected chi connectivity index (χ2v) is 4.56. The van der Waals surface area contributed by atoms with Gasteiger partial charge in [-0.15, -0.1) is 0 Å². The molecule has 1 aromatic heterocycles. The molecular weight excluding hydrogens is 271 g/mol. The molecule has 0 unspecified atom stereocenters. The minimum Gasteiger partial charge on any atom is -0.329 e. The van der Waals surface area contributed by atoms with Crippen LogP contribution >= 0.6 is 23.2 Å². The van der Waals surface area contributed by atoms with Crippen molar-refractivity contribution in [3.05, 3.63) is 46.3 Å². The van der Waals surface area contributed by atoms with Crippen molar-refractivity contribution in [2.75, 3.05) is 11.9 Å². The molecule has 94 valence electrons. The lowest BCUT2D eigenvalue weighted by Gasteiger charge is -2.22. The fraction of sp³-hybridized carbons (Fsp3) is 0.167. The Morgan fingerprint density at radius 2 is 2.11 bits per heavy atom. The normalized spacial score (nSPS) is 10.4. The first kappa shape index (κ1) is 13.1. The average Bonchev–Trinajstić information content (AvgIpc) is 2.38. The minimum absolute atomic E-state index is 0.334. The number of nitrogens with two attached hydrogens (primary N) is 1. The molecule has 6 heteroatoms. The van der Waals surface area contributed by atoms with E-state index in [1.807, 2.05) is 18.0 Å². The van der Waals surface area contributed by atoms with Gasteiger partial charge in [0.15, 0.2) is 0 Å². The molecule has 0 saturated heterocycles. The van der Waals surface area contributed by atoms with Gasteiger partial charge in [0.1, 0.15) is 12.1 Å². The van der Waals surface area contributed by atoms with E-state index in [4.69, 9.17) is 28.9 Å². The van der Waals surface area contributed by atoms with E-state index in [2.05, 4.69) is 9.97 Å². The van der Waals surface area contributed by atoms with E-state index in [0.29, 0.717) is 16.6 Å². The van der Waals surface area contributed by atoms with E-state index in [1.54, 1.807) is 18.3 Å². The molecule has 0 radical (unpaired) electrons. The standard InChI is InChI=1S/C12H12Cl2N4/c1-18(12-2-3-16-7-17-12)11-5-8(13)4-10(14)9(11)6-15/h2-5,7H,6,15H2,1H3. The number of halogens is 2. The van der Waals surface area contributed by atoms with E-state index < -0.39 is 0 Å². The molecule has 2 N–H and O–H groups in total. The maximum atomic E-state index is 6.14. The van der Waals surface area contributed by atoms with Gasteiger partial charge in [0, 0.05) is 41.1 Å². The highest BCUT2D eigenvalue weighted by atomic mass is 35.5. The molecule has 2 rings (SSSR count). The largest absolute Gasteiger partial charge is 0.329 e. The van der Waals surface area contributed by atoms with Crippen LogP contribution in [0.1, 0.15) is 5.56 Å². The molecule has 0 bridgehead atoms. The van der Waals surface area contributed by atoms with Crippen LogP contribution in [0, 0.1) is 0 Å². The average molecular weight is 283 g/mol. The quantitative estimate of drug-likeness (QED) is 0.940. The Hall–Kier alpha value is -1.36. The highest BCUT2D eigenvalue weighted by molar-refractivity contribution is 6.35. The second kappa shape index (κ2) is 5.52. The van der Waals surface area contributed by atoms with Gasteiger partial charge in [-0.1, -0.05) is 23.2 Å². The first-order valence-corrected chi connectivity index (χ1v) is 6.07. The molecule has 0 amide bonds. The van der Waals surface area contributed by atoms with Crippen molar-refractivity contribution in [1.29, 1.82) is 0 Å². The Morgan fingerprint density at radius 3 is 2.72 bits per heavy atom. The van der Waals surface area contributed by atoms with Crippen LogP contribution in [0.5, 0.6) is 0 Å². The molecule has 0 aliphatic heterocycles. The molecule has 0 fully saturated rings. The topological polar surface area (TPSA) is 55.0 Å². The molecular formula is C12H12Cl2N4. The van der Waals surface area contributed by atoms with Crippen LogP contribution in [-0.2, 0) is 6.54 Å². The maximum Gasteiger partial charge on any atom is 0.136 e. The molecule has 18 heavy (non-hydrogen) atoms. The van der Waals surface area contributed by atoms with Crippen molar-refractivity contribution in [2.24, 2.45) is 5.73 Å². The van der Waals surface area contributed by atoms with Crippen molar-refractivity contribution in [1.82, 2.24) is 9.97 Å². The third-order valence-electron chi connectivity index (χ3n) is 2.61. The van der Waals surface area contributed by atoms with Crippen LogP contribution in [0.3, 0.4) is 0 Å². The zero-order valence-electron chi connectivity index (χ0n) is 9.77. The molecule has 0 aliphatic rings. The lowest BCUT2D eigenvalue weighted by molar-refractivity contribution is 1.02. The predicted octanol–water partition coefficient (Wildman–Crippen LogP) is 3.01. The van der Waals surface area contributed by atoms with E-state index >= 15 is 0 Å². The molecule has 1 aromatic carbocycles. The summed E-state index contributed by atoms with van der Waals surface area (Å²) >= 11 is 12.2. The summed E-state index contributed by atoms with van der Waals surface area (Å²) in [6.45, 7) is 0.334. The summed E-state index contributed by atoms with van der Waals surface area (Å²) in [6, 6.07) is 5.30. The third kappa shape index (κ3) is 2.56. The van der Waals surface area contributed by atoms with Crippen LogP contribution < -0.4 is 10.6 Å². The summed E-state index contributed by atoms with van der Waals surface area (Å²) in [6.07, 6.45) is 3.16. The molecule has 0 aliphatic carbocycles. The monoisotopic (exact) mass is 282 g/mol. The van der Waals surface area contributed by atoms with Gasteiger partial charge in [0.25, 0.3) is 0 Å². The van der Waals surface area contributed by atoms with Gasteiger partial charge in [-0.2, -0.15) is 0 Å². The predicted molar refractivity (Wildman–Crippen MR) is 74.4 cm³/mol. The highest BCUT2D eigenvalue weighted by Gasteiger charge is 2.13. The Bertz CT molecular complexity index is 545. The van der Waals surface area contributed by atoms with Crippen LogP contribution in [-0.4, -0.2) is 17.0 Å². The Labute approximate surface area is 115 Å². The lowest BCUT2D eigenvalue weighted by atomic mass is 10.1. The first-order chi connectivity index (χ1) is 8.63. The van der Waals surface area contributed by atoms with Crippen LogP contribution in [0.2, 0.25) is 10.0 Å². The summed E-state index contributed by atoms with van der Waals surface area (Å²) in [4.78, 5) is 9.94. The van der Waals surface area contributed by atoms with Crippen molar-refractivity contribution < 1.29 is 0 Å². The van der Waals surface area contributed by atoms with Crippen molar-refractivity contribution in [3.63, 3.8) is 0 Å².